The second-order valence-corrected chi connectivity index (χ2v) is 4.55. The van der Waals surface area contributed by atoms with Gasteiger partial charge < -0.3 is 4.52 Å². The molecule has 1 atom stereocenters. The van der Waals surface area contributed by atoms with Crippen LogP contribution in [0.3, 0.4) is 0 Å². The van der Waals surface area contributed by atoms with Crippen molar-refractivity contribution in [3.8, 4) is 0 Å². The van der Waals surface area contributed by atoms with E-state index < -0.39 is 0 Å². The Morgan fingerprint density at radius 3 is 2.62 bits per heavy atom. The van der Waals surface area contributed by atoms with E-state index in [-0.39, 0.29) is 11.7 Å². The number of ketones is 1. The summed E-state index contributed by atoms with van der Waals surface area (Å²) in [4.78, 5) is 15.6. The summed E-state index contributed by atoms with van der Waals surface area (Å²) in [6.45, 7) is 7.83. The van der Waals surface area contributed by atoms with Crippen LogP contribution in [0.4, 0.5) is 0 Å². The van der Waals surface area contributed by atoms with Gasteiger partial charge in [0.25, 0.3) is 0 Å². The van der Waals surface area contributed by atoms with E-state index in [9.17, 15) is 4.79 Å². The van der Waals surface area contributed by atoms with Crippen molar-refractivity contribution in [3.63, 3.8) is 0 Å². The molecule has 0 saturated carbocycles. The van der Waals surface area contributed by atoms with E-state index >= 15 is 0 Å². The standard InChI is InChI=1S/C12H20N2O2/c1-5-10(9(4)15)12-13-11(14-16-12)7-6-8(2)3/h8,10H,5-7H2,1-4H3. The first kappa shape index (κ1) is 12.9. The molecule has 4 nitrogen and oxygen atoms in total. The first-order valence-corrected chi connectivity index (χ1v) is 5.87. The number of aryl methyl sites for hydroxylation is 1. The number of rotatable bonds is 6. The largest absolute Gasteiger partial charge is 0.339 e. The van der Waals surface area contributed by atoms with E-state index in [0.717, 1.165) is 12.8 Å². The average Bonchev–Trinajstić information content (AvgIpc) is 2.64. The highest BCUT2D eigenvalue weighted by molar-refractivity contribution is 5.82. The van der Waals surface area contributed by atoms with E-state index in [4.69, 9.17) is 4.52 Å². The lowest BCUT2D eigenvalue weighted by Gasteiger charge is -2.03. The Balaban J connectivity index is 2.66. The molecule has 0 fully saturated rings. The van der Waals surface area contributed by atoms with Crippen molar-refractivity contribution in [2.45, 2.75) is 52.9 Å². The number of Topliss-reactive ketones (excluding diaryl/α,β-unsaturated/α-hetero) is 1. The van der Waals surface area contributed by atoms with Gasteiger partial charge in [0.15, 0.2) is 5.82 Å². The molecular weight excluding hydrogens is 204 g/mol. The Kier molecular flexibility index (Phi) is 4.65. The summed E-state index contributed by atoms with van der Waals surface area (Å²) in [7, 11) is 0. The minimum absolute atomic E-state index is 0.0848. The fraction of sp³-hybridized carbons (Fsp3) is 0.750. The summed E-state index contributed by atoms with van der Waals surface area (Å²) in [5.74, 6) is 1.65. The Morgan fingerprint density at radius 1 is 1.44 bits per heavy atom. The van der Waals surface area contributed by atoms with Gasteiger partial charge in [0.2, 0.25) is 5.89 Å². The second-order valence-electron chi connectivity index (χ2n) is 4.55. The van der Waals surface area contributed by atoms with Gasteiger partial charge in [-0.1, -0.05) is 25.9 Å². The molecule has 0 spiro atoms. The highest BCUT2D eigenvalue weighted by Gasteiger charge is 2.21. The molecule has 0 N–H and O–H groups in total. The predicted molar refractivity (Wildman–Crippen MR) is 61.2 cm³/mol. The van der Waals surface area contributed by atoms with Crippen LogP contribution in [0, 0.1) is 5.92 Å². The van der Waals surface area contributed by atoms with Gasteiger partial charge in [0, 0.05) is 6.42 Å². The number of hydrogen-bond acceptors (Lipinski definition) is 4. The molecule has 16 heavy (non-hydrogen) atoms. The second kappa shape index (κ2) is 5.77. The van der Waals surface area contributed by atoms with Crippen molar-refractivity contribution >= 4 is 5.78 Å². The van der Waals surface area contributed by atoms with Crippen molar-refractivity contribution in [3.05, 3.63) is 11.7 Å². The van der Waals surface area contributed by atoms with Crippen LogP contribution >= 0.6 is 0 Å². The summed E-state index contributed by atoms with van der Waals surface area (Å²) in [6.07, 6.45) is 2.56. The number of carbonyl (C=O) groups excluding carboxylic acids is 1. The van der Waals surface area contributed by atoms with E-state index in [0.29, 0.717) is 24.1 Å². The molecule has 1 unspecified atom stereocenters. The lowest BCUT2D eigenvalue weighted by molar-refractivity contribution is -0.119. The highest BCUT2D eigenvalue weighted by Crippen LogP contribution is 2.19. The lowest BCUT2D eigenvalue weighted by Crippen LogP contribution is -2.08. The maximum atomic E-state index is 11.3. The molecule has 0 radical (unpaired) electrons. The van der Waals surface area contributed by atoms with Gasteiger partial charge >= 0.3 is 0 Å². The summed E-state index contributed by atoms with van der Waals surface area (Å²) in [6, 6.07) is 0. The monoisotopic (exact) mass is 224 g/mol. The van der Waals surface area contributed by atoms with Crippen LogP contribution < -0.4 is 0 Å². The fourth-order valence-electron chi connectivity index (χ4n) is 1.56. The number of nitrogens with zero attached hydrogens (tertiary/aromatic N) is 2. The molecule has 1 aromatic heterocycles. The van der Waals surface area contributed by atoms with E-state index in [1.54, 1.807) is 6.92 Å². The van der Waals surface area contributed by atoms with Gasteiger partial charge in [0.1, 0.15) is 5.78 Å². The Labute approximate surface area is 96.4 Å². The van der Waals surface area contributed by atoms with Crippen molar-refractivity contribution in [2.24, 2.45) is 5.92 Å². The molecule has 1 aromatic rings. The van der Waals surface area contributed by atoms with Gasteiger partial charge in [-0.05, 0) is 25.7 Å². The third-order valence-corrected chi connectivity index (χ3v) is 2.63. The first-order chi connectivity index (χ1) is 7.54. The third kappa shape index (κ3) is 3.43. The molecule has 4 heteroatoms. The van der Waals surface area contributed by atoms with Crippen LogP contribution in [-0.2, 0) is 11.2 Å². The minimum Gasteiger partial charge on any atom is -0.339 e. The summed E-state index contributed by atoms with van der Waals surface area (Å²) in [5, 5.41) is 3.90. The van der Waals surface area contributed by atoms with Crippen LogP contribution in [-0.4, -0.2) is 15.9 Å². The molecule has 0 aliphatic carbocycles. The average molecular weight is 224 g/mol. The number of hydrogen-bond donors (Lipinski definition) is 0. The SMILES string of the molecule is CCC(C(C)=O)c1nc(CCC(C)C)no1. The van der Waals surface area contributed by atoms with E-state index in [1.165, 1.54) is 0 Å². The molecule has 0 saturated heterocycles. The summed E-state index contributed by atoms with van der Waals surface area (Å²) >= 11 is 0. The molecule has 0 amide bonds. The zero-order chi connectivity index (χ0) is 12.1. The van der Waals surface area contributed by atoms with E-state index in [1.807, 2.05) is 6.92 Å². The third-order valence-electron chi connectivity index (χ3n) is 2.63. The Bertz CT molecular complexity index is 345. The topological polar surface area (TPSA) is 56.0 Å². The molecule has 0 aliphatic rings. The normalized spacial score (nSPS) is 13.1. The van der Waals surface area contributed by atoms with Gasteiger partial charge in [-0.25, -0.2) is 0 Å². The predicted octanol–water partition coefficient (Wildman–Crippen LogP) is 2.74. The van der Waals surface area contributed by atoms with Crippen molar-refractivity contribution in [1.29, 1.82) is 0 Å². The molecule has 1 rings (SSSR count). The Hall–Kier alpha value is -1.19. The van der Waals surface area contributed by atoms with Crippen LogP contribution in [0.15, 0.2) is 4.52 Å². The van der Waals surface area contributed by atoms with Crippen LogP contribution in [0.25, 0.3) is 0 Å². The smallest absolute Gasteiger partial charge is 0.237 e. The molecule has 0 bridgehead atoms. The van der Waals surface area contributed by atoms with Crippen molar-refractivity contribution in [2.75, 3.05) is 0 Å². The zero-order valence-corrected chi connectivity index (χ0v) is 10.5. The Morgan fingerprint density at radius 2 is 2.12 bits per heavy atom. The van der Waals surface area contributed by atoms with Crippen molar-refractivity contribution in [1.82, 2.24) is 10.1 Å². The molecule has 0 aromatic carbocycles. The zero-order valence-electron chi connectivity index (χ0n) is 10.5. The number of aromatic nitrogens is 2. The lowest BCUT2D eigenvalue weighted by atomic mass is 10.0. The van der Waals surface area contributed by atoms with Gasteiger partial charge in [-0.2, -0.15) is 4.98 Å². The first-order valence-electron chi connectivity index (χ1n) is 5.87. The van der Waals surface area contributed by atoms with Crippen LogP contribution in [0.1, 0.15) is 58.2 Å². The number of carbonyl (C=O) groups is 1. The minimum atomic E-state index is -0.236. The van der Waals surface area contributed by atoms with E-state index in [2.05, 4.69) is 24.0 Å². The maximum absolute atomic E-state index is 11.3. The molecular formula is C12H20N2O2. The van der Waals surface area contributed by atoms with Crippen LogP contribution in [0.5, 0.6) is 0 Å². The van der Waals surface area contributed by atoms with Gasteiger partial charge in [-0.15, -0.1) is 0 Å². The molecule has 90 valence electrons. The highest BCUT2D eigenvalue weighted by atomic mass is 16.5. The quantitative estimate of drug-likeness (QED) is 0.745. The fourth-order valence-corrected chi connectivity index (χ4v) is 1.56. The molecule has 0 aliphatic heterocycles. The summed E-state index contributed by atoms with van der Waals surface area (Å²) < 4.78 is 5.13. The van der Waals surface area contributed by atoms with Crippen molar-refractivity contribution < 1.29 is 9.32 Å². The van der Waals surface area contributed by atoms with Gasteiger partial charge in [0.05, 0.1) is 5.92 Å². The van der Waals surface area contributed by atoms with Crippen LogP contribution in [0.2, 0.25) is 0 Å². The maximum Gasteiger partial charge on any atom is 0.237 e. The molecule has 1 heterocycles. The summed E-state index contributed by atoms with van der Waals surface area (Å²) in [5.41, 5.74) is 0. The van der Waals surface area contributed by atoms with Gasteiger partial charge in [-0.3, -0.25) is 4.79 Å².